The summed E-state index contributed by atoms with van der Waals surface area (Å²) >= 11 is 0. The Morgan fingerprint density at radius 1 is 1.24 bits per heavy atom. The summed E-state index contributed by atoms with van der Waals surface area (Å²) in [7, 11) is 0. The molecule has 1 saturated carbocycles. The van der Waals surface area contributed by atoms with E-state index < -0.39 is 0 Å². The minimum absolute atomic E-state index is 0.566. The predicted octanol–water partition coefficient (Wildman–Crippen LogP) is 2.56. The van der Waals surface area contributed by atoms with E-state index in [1.807, 2.05) is 0 Å². The molecule has 4 heteroatoms. The highest BCUT2D eigenvalue weighted by Crippen LogP contribution is 2.35. The van der Waals surface area contributed by atoms with Crippen molar-refractivity contribution in [2.24, 2.45) is 0 Å². The van der Waals surface area contributed by atoms with Gasteiger partial charge in [0, 0.05) is 19.0 Å². The molecule has 0 radical (unpaired) electrons. The fourth-order valence-electron chi connectivity index (χ4n) is 3.10. The first-order valence-electron chi connectivity index (χ1n) is 6.69. The predicted molar refractivity (Wildman–Crippen MR) is 66.5 cm³/mol. The maximum Gasteiger partial charge on any atom is 0.172 e. The first-order valence-corrected chi connectivity index (χ1v) is 6.69. The Kier molecular flexibility index (Phi) is 2.87. The minimum Gasteiger partial charge on any atom is -0.369 e. The summed E-state index contributed by atoms with van der Waals surface area (Å²) in [5.41, 5.74) is 0.602. The van der Waals surface area contributed by atoms with Crippen molar-refractivity contribution < 1.29 is 4.79 Å². The third-order valence-electron chi connectivity index (χ3n) is 3.96. The van der Waals surface area contributed by atoms with E-state index in [9.17, 15) is 4.79 Å². The summed E-state index contributed by atoms with van der Waals surface area (Å²) in [6.07, 6.45) is 8.43. The van der Waals surface area contributed by atoms with Crippen molar-refractivity contribution in [1.29, 1.82) is 0 Å². The summed E-state index contributed by atoms with van der Waals surface area (Å²) < 4.78 is 2.24. The molecule has 0 unspecified atom stereocenters. The van der Waals surface area contributed by atoms with Crippen molar-refractivity contribution in [3.05, 3.63) is 11.5 Å². The highest BCUT2D eigenvalue weighted by Gasteiger charge is 2.26. The zero-order chi connectivity index (χ0) is 11.7. The molecule has 0 saturated heterocycles. The van der Waals surface area contributed by atoms with Crippen LogP contribution in [-0.2, 0) is 6.54 Å². The van der Waals surface area contributed by atoms with Gasteiger partial charge in [-0.25, -0.2) is 4.98 Å². The Labute approximate surface area is 101 Å². The van der Waals surface area contributed by atoms with Crippen molar-refractivity contribution in [2.75, 3.05) is 11.9 Å². The number of carbonyl (C=O) groups is 1. The lowest BCUT2D eigenvalue weighted by Gasteiger charge is -2.24. The summed E-state index contributed by atoms with van der Waals surface area (Å²) in [6, 6.07) is 0. The van der Waals surface area contributed by atoms with Crippen LogP contribution in [0.3, 0.4) is 0 Å². The van der Waals surface area contributed by atoms with E-state index in [0.717, 1.165) is 37.4 Å². The van der Waals surface area contributed by atoms with E-state index in [2.05, 4.69) is 14.9 Å². The molecule has 0 atom stereocenters. The van der Waals surface area contributed by atoms with Crippen LogP contribution in [0.5, 0.6) is 0 Å². The summed E-state index contributed by atoms with van der Waals surface area (Å²) in [5, 5.41) is 3.31. The van der Waals surface area contributed by atoms with Gasteiger partial charge in [0.1, 0.15) is 17.3 Å². The van der Waals surface area contributed by atoms with Gasteiger partial charge in [-0.05, 0) is 19.3 Å². The SMILES string of the molecule is O=Cc1nc(C2CCCCC2)n2c1NCCC2. The van der Waals surface area contributed by atoms with Crippen LogP contribution in [0.1, 0.15) is 60.8 Å². The number of carbonyl (C=O) groups excluding carboxylic acids is 1. The highest BCUT2D eigenvalue weighted by molar-refractivity contribution is 5.80. The molecule has 1 aromatic rings. The van der Waals surface area contributed by atoms with Gasteiger partial charge in [-0.3, -0.25) is 4.79 Å². The van der Waals surface area contributed by atoms with Crippen molar-refractivity contribution in [2.45, 2.75) is 51.0 Å². The smallest absolute Gasteiger partial charge is 0.172 e. The molecule has 1 fully saturated rings. The number of nitrogens with one attached hydrogen (secondary N) is 1. The van der Waals surface area contributed by atoms with Gasteiger partial charge in [0.25, 0.3) is 0 Å². The summed E-state index contributed by atoms with van der Waals surface area (Å²) in [6.45, 7) is 1.96. The second kappa shape index (κ2) is 4.51. The van der Waals surface area contributed by atoms with Crippen molar-refractivity contribution in [1.82, 2.24) is 9.55 Å². The number of hydrogen-bond acceptors (Lipinski definition) is 3. The fourth-order valence-corrected chi connectivity index (χ4v) is 3.10. The third kappa shape index (κ3) is 1.85. The molecule has 0 amide bonds. The van der Waals surface area contributed by atoms with Crippen LogP contribution in [0.15, 0.2) is 0 Å². The van der Waals surface area contributed by atoms with Gasteiger partial charge in [0.15, 0.2) is 6.29 Å². The van der Waals surface area contributed by atoms with Gasteiger partial charge < -0.3 is 9.88 Å². The Bertz CT molecular complexity index is 419. The van der Waals surface area contributed by atoms with E-state index in [0.29, 0.717) is 11.6 Å². The molecule has 1 N–H and O–H groups in total. The number of nitrogens with zero attached hydrogens (tertiary/aromatic N) is 2. The molecule has 2 aliphatic rings. The lowest BCUT2D eigenvalue weighted by atomic mass is 9.88. The zero-order valence-electron chi connectivity index (χ0n) is 10.1. The number of rotatable bonds is 2. The van der Waals surface area contributed by atoms with Crippen LogP contribution in [0.2, 0.25) is 0 Å². The van der Waals surface area contributed by atoms with E-state index in [4.69, 9.17) is 0 Å². The number of aldehydes is 1. The molecular formula is C13H19N3O. The number of fused-ring (bicyclic) bond motifs is 1. The largest absolute Gasteiger partial charge is 0.369 e. The van der Waals surface area contributed by atoms with E-state index in [1.54, 1.807) is 0 Å². The molecule has 1 aliphatic heterocycles. The van der Waals surface area contributed by atoms with Gasteiger partial charge >= 0.3 is 0 Å². The Hall–Kier alpha value is -1.32. The van der Waals surface area contributed by atoms with Crippen LogP contribution in [0.25, 0.3) is 0 Å². The Morgan fingerprint density at radius 3 is 2.82 bits per heavy atom. The molecule has 3 rings (SSSR count). The summed E-state index contributed by atoms with van der Waals surface area (Å²) in [5.74, 6) is 2.66. The fraction of sp³-hybridized carbons (Fsp3) is 0.692. The molecule has 4 nitrogen and oxygen atoms in total. The molecule has 1 aromatic heterocycles. The highest BCUT2D eigenvalue weighted by atomic mass is 16.1. The van der Waals surface area contributed by atoms with Crippen molar-refractivity contribution in [3.63, 3.8) is 0 Å². The molecule has 2 heterocycles. The second-order valence-electron chi connectivity index (χ2n) is 5.09. The number of anilines is 1. The number of hydrogen-bond donors (Lipinski definition) is 1. The minimum atomic E-state index is 0.566. The van der Waals surface area contributed by atoms with Crippen LogP contribution < -0.4 is 5.32 Å². The molecule has 0 spiro atoms. The molecule has 92 valence electrons. The summed E-state index contributed by atoms with van der Waals surface area (Å²) in [4.78, 5) is 15.6. The monoisotopic (exact) mass is 233 g/mol. The van der Waals surface area contributed by atoms with Gasteiger partial charge in [-0.2, -0.15) is 0 Å². The van der Waals surface area contributed by atoms with Crippen LogP contribution in [0, 0.1) is 0 Å². The molecule has 1 aliphatic carbocycles. The maximum atomic E-state index is 11.1. The molecular weight excluding hydrogens is 214 g/mol. The Morgan fingerprint density at radius 2 is 2.06 bits per heavy atom. The van der Waals surface area contributed by atoms with Gasteiger partial charge in [-0.15, -0.1) is 0 Å². The number of imidazole rings is 1. The first kappa shape index (κ1) is 10.8. The van der Waals surface area contributed by atoms with Crippen molar-refractivity contribution in [3.8, 4) is 0 Å². The molecule has 0 bridgehead atoms. The number of aromatic nitrogens is 2. The standard InChI is InChI=1S/C13H19N3O/c17-9-11-13-14-7-4-8-16(13)12(15-11)10-5-2-1-3-6-10/h9-10,14H,1-8H2. The van der Waals surface area contributed by atoms with Gasteiger partial charge in [0.05, 0.1) is 0 Å². The van der Waals surface area contributed by atoms with E-state index in [1.165, 1.54) is 32.1 Å². The quantitative estimate of drug-likeness (QED) is 0.798. The van der Waals surface area contributed by atoms with Crippen LogP contribution in [0.4, 0.5) is 5.82 Å². The normalized spacial score (nSPS) is 20.7. The lowest BCUT2D eigenvalue weighted by molar-refractivity contribution is 0.112. The third-order valence-corrected chi connectivity index (χ3v) is 3.96. The van der Waals surface area contributed by atoms with Crippen LogP contribution in [-0.4, -0.2) is 22.4 Å². The van der Waals surface area contributed by atoms with E-state index >= 15 is 0 Å². The van der Waals surface area contributed by atoms with E-state index in [-0.39, 0.29) is 0 Å². The topological polar surface area (TPSA) is 46.9 Å². The molecule has 0 aromatic carbocycles. The molecule has 17 heavy (non-hydrogen) atoms. The van der Waals surface area contributed by atoms with Crippen LogP contribution >= 0.6 is 0 Å². The first-order chi connectivity index (χ1) is 8.40. The maximum absolute atomic E-state index is 11.1. The lowest BCUT2D eigenvalue weighted by Crippen LogP contribution is -2.20. The second-order valence-corrected chi connectivity index (χ2v) is 5.09. The van der Waals surface area contributed by atoms with Gasteiger partial charge in [0.2, 0.25) is 0 Å². The average Bonchev–Trinajstić information content (AvgIpc) is 2.78. The Balaban J connectivity index is 1.97. The van der Waals surface area contributed by atoms with Gasteiger partial charge in [-0.1, -0.05) is 19.3 Å². The average molecular weight is 233 g/mol. The zero-order valence-corrected chi connectivity index (χ0v) is 10.1. The van der Waals surface area contributed by atoms with Crippen molar-refractivity contribution >= 4 is 12.1 Å².